The second kappa shape index (κ2) is 7.06. The minimum absolute atomic E-state index is 0.134. The molecule has 2 aliphatic rings. The molecule has 1 N–H and O–H groups in total. The summed E-state index contributed by atoms with van der Waals surface area (Å²) in [5.41, 5.74) is 2.39. The average Bonchev–Trinajstić information content (AvgIpc) is 3.49. The lowest BCUT2D eigenvalue weighted by atomic mass is 10.1. The Morgan fingerprint density at radius 2 is 2.07 bits per heavy atom. The van der Waals surface area contributed by atoms with E-state index in [2.05, 4.69) is 24.3 Å². The fraction of sp³-hybridized carbons (Fsp3) is 0.409. The van der Waals surface area contributed by atoms with Crippen LogP contribution < -0.4 is 14.8 Å². The van der Waals surface area contributed by atoms with E-state index in [1.165, 1.54) is 0 Å². The summed E-state index contributed by atoms with van der Waals surface area (Å²) in [5, 5.41) is 8.26. The van der Waals surface area contributed by atoms with Gasteiger partial charge in [0, 0.05) is 17.7 Å². The Morgan fingerprint density at radius 3 is 2.83 bits per heavy atom. The number of rotatable bonds is 5. The van der Waals surface area contributed by atoms with Gasteiger partial charge < -0.3 is 14.8 Å². The van der Waals surface area contributed by atoms with E-state index in [4.69, 9.17) is 14.5 Å². The minimum Gasteiger partial charge on any atom is -0.486 e. The molecule has 7 heteroatoms. The molecule has 0 radical (unpaired) electrons. The van der Waals surface area contributed by atoms with Crippen molar-refractivity contribution in [2.75, 3.05) is 13.2 Å². The minimum atomic E-state index is -0.229. The summed E-state index contributed by atoms with van der Waals surface area (Å²) < 4.78 is 13.6. The predicted octanol–water partition coefficient (Wildman–Crippen LogP) is 3.46. The molecule has 1 saturated carbocycles. The molecule has 3 aromatic rings. The summed E-state index contributed by atoms with van der Waals surface area (Å²) in [6.07, 6.45) is 3.77. The first-order chi connectivity index (χ1) is 14.1. The molecular formula is C22H24N4O3. The second-order valence-electron chi connectivity index (χ2n) is 8.00. The van der Waals surface area contributed by atoms with Crippen molar-refractivity contribution in [1.29, 1.82) is 0 Å². The molecule has 7 nitrogen and oxygen atoms in total. The molecule has 0 spiro atoms. The number of aromatic nitrogens is 3. The van der Waals surface area contributed by atoms with Gasteiger partial charge in [-0.1, -0.05) is 12.1 Å². The van der Waals surface area contributed by atoms with Gasteiger partial charge in [0.05, 0.1) is 23.7 Å². The van der Waals surface area contributed by atoms with Crippen LogP contribution >= 0.6 is 0 Å². The van der Waals surface area contributed by atoms with E-state index in [0.717, 1.165) is 35.3 Å². The first kappa shape index (κ1) is 18.0. The van der Waals surface area contributed by atoms with Crippen LogP contribution in [0.15, 0.2) is 36.5 Å². The van der Waals surface area contributed by atoms with Gasteiger partial charge in [-0.05, 0) is 44.9 Å². The van der Waals surface area contributed by atoms with Crippen LogP contribution in [0.25, 0.3) is 11.0 Å². The standard InChI is InChI=1S/C22H24N4O3/c1-13(2)26-21-17(11-24-26)16(9-18(25-21)14-7-8-14)22(27)23-10-15-12-28-19-5-3-4-6-20(19)29-15/h3-6,9,11,13-15H,7-8,10,12H2,1-2H3,(H,23,27)/t15-/m0/s1. The fourth-order valence-electron chi connectivity index (χ4n) is 3.66. The maximum Gasteiger partial charge on any atom is 0.252 e. The number of para-hydroxylation sites is 2. The van der Waals surface area contributed by atoms with Crippen LogP contribution in [0, 0.1) is 0 Å². The molecule has 1 aliphatic heterocycles. The summed E-state index contributed by atoms with van der Waals surface area (Å²) >= 11 is 0. The molecule has 1 amide bonds. The van der Waals surface area contributed by atoms with Gasteiger partial charge in [-0.15, -0.1) is 0 Å². The van der Waals surface area contributed by atoms with Gasteiger partial charge in [-0.25, -0.2) is 9.67 Å². The molecule has 29 heavy (non-hydrogen) atoms. The smallest absolute Gasteiger partial charge is 0.252 e. The van der Waals surface area contributed by atoms with Gasteiger partial charge in [-0.2, -0.15) is 5.10 Å². The summed E-state index contributed by atoms with van der Waals surface area (Å²) in [5.74, 6) is 1.76. The highest BCUT2D eigenvalue weighted by atomic mass is 16.6. The second-order valence-corrected chi connectivity index (χ2v) is 8.00. The van der Waals surface area contributed by atoms with E-state index in [9.17, 15) is 4.79 Å². The number of nitrogens with zero attached hydrogens (tertiary/aromatic N) is 3. The fourth-order valence-corrected chi connectivity index (χ4v) is 3.66. The van der Waals surface area contributed by atoms with Gasteiger partial charge in [0.25, 0.3) is 5.91 Å². The highest BCUT2D eigenvalue weighted by Crippen LogP contribution is 2.40. The SMILES string of the molecule is CC(C)n1ncc2c(C(=O)NC[C@H]3COc4ccccc4O3)cc(C3CC3)nc21. The molecule has 5 rings (SSSR count). The summed E-state index contributed by atoms with van der Waals surface area (Å²) in [6, 6.07) is 9.67. The van der Waals surface area contributed by atoms with Crippen molar-refractivity contribution >= 4 is 16.9 Å². The van der Waals surface area contributed by atoms with Crippen molar-refractivity contribution < 1.29 is 14.3 Å². The first-order valence-electron chi connectivity index (χ1n) is 10.1. The summed E-state index contributed by atoms with van der Waals surface area (Å²) in [4.78, 5) is 17.9. The van der Waals surface area contributed by atoms with Gasteiger partial charge in [0.15, 0.2) is 17.1 Å². The highest BCUT2D eigenvalue weighted by Gasteiger charge is 2.29. The maximum atomic E-state index is 13.0. The monoisotopic (exact) mass is 392 g/mol. The van der Waals surface area contributed by atoms with Crippen LogP contribution in [0.4, 0.5) is 0 Å². The van der Waals surface area contributed by atoms with Crippen LogP contribution in [0.1, 0.15) is 54.7 Å². The molecule has 1 aliphatic carbocycles. The zero-order chi connectivity index (χ0) is 20.0. The first-order valence-corrected chi connectivity index (χ1v) is 10.1. The van der Waals surface area contributed by atoms with Crippen LogP contribution in [0.5, 0.6) is 11.5 Å². The molecule has 150 valence electrons. The molecule has 3 heterocycles. The Balaban J connectivity index is 1.37. The van der Waals surface area contributed by atoms with Crippen LogP contribution in [0.2, 0.25) is 0 Å². The van der Waals surface area contributed by atoms with E-state index >= 15 is 0 Å². The quantitative estimate of drug-likeness (QED) is 0.719. The predicted molar refractivity (Wildman–Crippen MR) is 109 cm³/mol. The molecular weight excluding hydrogens is 368 g/mol. The Hall–Kier alpha value is -3.09. The average molecular weight is 392 g/mol. The van der Waals surface area contributed by atoms with Gasteiger partial charge in [0.1, 0.15) is 12.7 Å². The zero-order valence-electron chi connectivity index (χ0n) is 16.6. The van der Waals surface area contributed by atoms with Gasteiger partial charge in [0.2, 0.25) is 0 Å². The normalized spacial score (nSPS) is 18.2. The van der Waals surface area contributed by atoms with E-state index in [-0.39, 0.29) is 18.1 Å². The molecule has 1 fully saturated rings. The Morgan fingerprint density at radius 1 is 1.28 bits per heavy atom. The summed E-state index contributed by atoms with van der Waals surface area (Å²) in [7, 11) is 0. The Bertz CT molecular complexity index is 1070. The molecule has 1 aromatic carbocycles. The van der Waals surface area contributed by atoms with Gasteiger partial charge >= 0.3 is 0 Å². The van der Waals surface area contributed by atoms with Crippen LogP contribution in [-0.2, 0) is 0 Å². The van der Waals surface area contributed by atoms with Crippen molar-refractivity contribution in [3.05, 3.63) is 47.8 Å². The Labute approximate surface area is 169 Å². The highest BCUT2D eigenvalue weighted by molar-refractivity contribution is 6.05. The number of carbonyl (C=O) groups is 1. The number of carbonyl (C=O) groups excluding carboxylic acids is 1. The van der Waals surface area contributed by atoms with Crippen molar-refractivity contribution in [1.82, 2.24) is 20.1 Å². The lowest BCUT2D eigenvalue weighted by molar-refractivity contribution is 0.0790. The van der Waals surface area contributed by atoms with Crippen molar-refractivity contribution in [3.63, 3.8) is 0 Å². The topological polar surface area (TPSA) is 78.3 Å². The van der Waals surface area contributed by atoms with Crippen molar-refractivity contribution in [2.24, 2.45) is 0 Å². The number of ether oxygens (including phenoxy) is 2. The van der Waals surface area contributed by atoms with Crippen LogP contribution in [0.3, 0.4) is 0 Å². The number of pyridine rings is 1. The molecule has 0 unspecified atom stereocenters. The number of amides is 1. The number of hydrogen-bond donors (Lipinski definition) is 1. The molecule has 1 atom stereocenters. The third kappa shape index (κ3) is 3.41. The number of hydrogen-bond acceptors (Lipinski definition) is 5. The lowest BCUT2D eigenvalue weighted by Gasteiger charge is -2.26. The third-order valence-corrected chi connectivity index (χ3v) is 5.37. The van der Waals surface area contributed by atoms with Crippen molar-refractivity contribution in [3.8, 4) is 11.5 Å². The Kier molecular flexibility index (Phi) is 4.38. The number of nitrogens with one attached hydrogen (secondary N) is 1. The van der Waals surface area contributed by atoms with Crippen molar-refractivity contribution in [2.45, 2.75) is 44.8 Å². The maximum absolute atomic E-state index is 13.0. The molecule has 2 aromatic heterocycles. The molecule has 0 bridgehead atoms. The van der Waals surface area contributed by atoms with E-state index < -0.39 is 0 Å². The summed E-state index contributed by atoms with van der Waals surface area (Å²) in [6.45, 7) is 4.90. The van der Waals surface area contributed by atoms with E-state index in [1.54, 1.807) is 6.20 Å². The van der Waals surface area contributed by atoms with E-state index in [0.29, 0.717) is 30.4 Å². The molecule has 0 saturated heterocycles. The largest absolute Gasteiger partial charge is 0.486 e. The van der Waals surface area contributed by atoms with E-state index in [1.807, 2.05) is 35.0 Å². The van der Waals surface area contributed by atoms with Gasteiger partial charge in [-0.3, -0.25) is 4.79 Å². The van der Waals surface area contributed by atoms with Crippen LogP contribution in [-0.4, -0.2) is 39.9 Å². The lowest BCUT2D eigenvalue weighted by Crippen LogP contribution is -2.40. The number of benzene rings is 1. The zero-order valence-corrected chi connectivity index (χ0v) is 16.6. The third-order valence-electron chi connectivity index (χ3n) is 5.37. The number of fused-ring (bicyclic) bond motifs is 2.